The van der Waals surface area contributed by atoms with E-state index in [0.29, 0.717) is 0 Å². The fraction of sp³-hybridized carbons (Fsp3) is 0. The van der Waals surface area contributed by atoms with E-state index in [1.54, 1.807) is 0 Å². The highest BCUT2D eigenvalue weighted by molar-refractivity contribution is 6.12. The van der Waals surface area contributed by atoms with Crippen molar-refractivity contribution in [1.29, 1.82) is 0 Å². The fourth-order valence-electron chi connectivity index (χ4n) is 1.54. The molecular formula is C10H10BN. The molecule has 0 saturated heterocycles. The molecule has 2 aromatic rings. The van der Waals surface area contributed by atoms with Gasteiger partial charge in [0.05, 0.1) is 0 Å². The molecular weight excluding hydrogens is 145 g/mol. The summed E-state index contributed by atoms with van der Waals surface area (Å²) < 4.78 is 2.12. The van der Waals surface area contributed by atoms with Crippen LogP contribution in [0.2, 0.25) is 0 Å². The summed E-state index contributed by atoms with van der Waals surface area (Å²) in [6.07, 6.45) is 3.99. The van der Waals surface area contributed by atoms with Crippen LogP contribution in [-0.2, 0) is 0 Å². The van der Waals surface area contributed by atoms with Crippen LogP contribution < -0.4 is 0 Å². The lowest BCUT2D eigenvalue weighted by atomic mass is 10.2. The highest BCUT2D eigenvalue weighted by atomic mass is 14.8. The Morgan fingerprint density at radius 3 is 2.83 bits per heavy atom. The molecule has 0 bridgehead atoms. The van der Waals surface area contributed by atoms with E-state index >= 15 is 0 Å². The van der Waals surface area contributed by atoms with E-state index in [4.69, 9.17) is 0 Å². The first-order valence-electron chi connectivity index (χ1n) is 3.99. The second-order valence-corrected chi connectivity index (χ2v) is 2.92. The van der Waals surface area contributed by atoms with Gasteiger partial charge in [-0.05, 0) is 17.8 Å². The van der Waals surface area contributed by atoms with Crippen molar-refractivity contribution < 1.29 is 0 Å². The number of nitrogens with zero attached hydrogens (tertiary/aromatic N) is 1. The van der Waals surface area contributed by atoms with E-state index in [-0.39, 0.29) is 0 Å². The normalized spacial score (nSPS) is 10.3. The predicted octanol–water partition coefficient (Wildman–Crippen LogP) is 1.68. The highest BCUT2D eigenvalue weighted by Gasteiger charge is 2.00. The summed E-state index contributed by atoms with van der Waals surface area (Å²) in [5.74, 6) is 0. The molecule has 58 valence electrons. The summed E-state index contributed by atoms with van der Waals surface area (Å²) >= 11 is 0. The number of fused-ring (bicyclic) bond motifs is 1. The van der Waals surface area contributed by atoms with E-state index in [1.165, 1.54) is 16.5 Å². The molecule has 0 fully saturated rings. The number of hydrogen-bond acceptors (Lipinski definition) is 0. The molecule has 0 spiro atoms. The molecule has 1 aromatic heterocycles. The maximum atomic E-state index is 3.78. The van der Waals surface area contributed by atoms with E-state index in [1.807, 2.05) is 6.08 Å². The molecule has 1 nitrogen and oxygen atoms in total. The number of hydrogen-bond donors (Lipinski definition) is 0. The van der Waals surface area contributed by atoms with Gasteiger partial charge >= 0.3 is 0 Å². The van der Waals surface area contributed by atoms with Crippen LogP contribution >= 0.6 is 0 Å². The third-order valence-corrected chi connectivity index (χ3v) is 2.15. The lowest BCUT2D eigenvalue weighted by molar-refractivity contribution is 1.32. The average Bonchev–Trinajstić information content (AvgIpc) is 2.44. The summed E-state index contributed by atoms with van der Waals surface area (Å²) in [6, 6.07) is 8.33. The summed E-state index contributed by atoms with van der Waals surface area (Å²) in [6.45, 7) is 3.78. The van der Waals surface area contributed by atoms with E-state index in [9.17, 15) is 0 Å². The van der Waals surface area contributed by atoms with Crippen molar-refractivity contribution in [3.8, 4) is 0 Å². The molecule has 0 saturated carbocycles. The van der Waals surface area contributed by atoms with E-state index in [2.05, 4.69) is 49.5 Å². The maximum absolute atomic E-state index is 3.78. The van der Waals surface area contributed by atoms with Crippen LogP contribution in [0.3, 0.4) is 0 Å². The number of para-hydroxylation sites is 1. The van der Waals surface area contributed by atoms with Gasteiger partial charge in [0, 0.05) is 10.9 Å². The van der Waals surface area contributed by atoms with Gasteiger partial charge in [0.2, 0.25) is 7.98 Å². The minimum Gasteiger partial charge on any atom is -0.399 e. The third kappa shape index (κ3) is 0.883. The quantitative estimate of drug-likeness (QED) is 0.552. The second-order valence-electron chi connectivity index (χ2n) is 2.92. The van der Waals surface area contributed by atoms with Crippen LogP contribution in [0.1, 0.15) is 5.56 Å². The van der Waals surface area contributed by atoms with Gasteiger partial charge in [0.25, 0.3) is 0 Å². The molecule has 0 unspecified atom stereocenters. The summed E-state index contributed by atoms with van der Waals surface area (Å²) in [7, 11) is 2.05. The minimum absolute atomic E-state index is 1.20. The smallest absolute Gasteiger partial charge is 0.223 e. The predicted molar refractivity (Wildman–Crippen MR) is 56.0 cm³/mol. The van der Waals surface area contributed by atoms with Gasteiger partial charge in [0.1, 0.15) is 0 Å². The van der Waals surface area contributed by atoms with Gasteiger partial charge in [-0.3, -0.25) is 0 Å². The van der Waals surface area contributed by atoms with Crippen molar-refractivity contribution in [2.24, 2.45) is 0 Å². The van der Waals surface area contributed by atoms with Crippen molar-refractivity contribution in [2.75, 3.05) is 0 Å². The molecule has 0 amide bonds. The zero-order valence-corrected chi connectivity index (χ0v) is 7.12. The van der Waals surface area contributed by atoms with Crippen molar-refractivity contribution >= 4 is 25.0 Å². The van der Waals surface area contributed by atoms with Crippen LogP contribution in [0.15, 0.2) is 37.0 Å². The van der Waals surface area contributed by atoms with Crippen LogP contribution in [0.4, 0.5) is 0 Å². The molecule has 0 aliphatic heterocycles. The average molecular weight is 155 g/mol. The van der Waals surface area contributed by atoms with Crippen LogP contribution in [-0.4, -0.2) is 12.5 Å². The topological polar surface area (TPSA) is 4.93 Å². The van der Waals surface area contributed by atoms with E-state index < -0.39 is 0 Å². The summed E-state index contributed by atoms with van der Waals surface area (Å²) in [4.78, 5) is 0. The van der Waals surface area contributed by atoms with Crippen molar-refractivity contribution in [3.05, 3.63) is 42.6 Å². The Balaban J connectivity index is 2.91. The number of benzene rings is 1. The highest BCUT2D eigenvalue weighted by Crippen LogP contribution is 2.20. The van der Waals surface area contributed by atoms with Gasteiger partial charge in [-0.1, -0.05) is 30.9 Å². The number of aromatic nitrogens is 1. The lowest BCUT2D eigenvalue weighted by Crippen LogP contribution is -1.85. The van der Waals surface area contributed by atoms with Crippen molar-refractivity contribution in [3.63, 3.8) is 0 Å². The SMILES string of the molecule is Bn1cc(C=C)c2ccccc21. The maximum Gasteiger partial charge on any atom is 0.223 e. The summed E-state index contributed by atoms with van der Waals surface area (Å²) in [5, 5.41) is 1.27. The van der Waals surface area contributed by atoms with Crippen molar-refractivity contribution in [2.45, 2.75) is 0 Å². The first-order valence-corrected chi connectivity index (χ1v) is 3.99. The van der Waals surface area contributed by atoms with Gasteiger partial charge < -0.3 is 4.48 Å². The van der Waals surface area contributed by atoms with Crippen LogP contribution in [0.5, 0.6) is 0 Å². The largest absolute Gasteiger partial charge is 0.399 e. The summed E-state index contributed by atoms with van der Waals surface area (Å²) in [5.41, 5.74) is 2.46. The molecule has 0 aliphatic carbocycles. The Bertz CT molecular complexity index is 428. The fourth-order valence-corrected chi connectivity index (χ4v) is 1.54. The minimum atomic E-state index is 1.20. The van der Waals surface area contributed by atoms with Crippen LogP contribution in [0, 0.1) is 0 Å². The van der Waals surface area contributed by atoms with Crippen LogP contribution in [0.25, 0.3) is 17.0 Å². The Morgan fingerprint density at radius 2 is 2.08 bits per heavy atom. The standard InChI is InChI=1S/C10H10BN/c1-2-8-7-12(11)10-6-4-3-5-9(8)10/h2-7H,1,11H2. The molecule has 2 heteroatoms. The van der Waals surface area contributed by atoms with Gasteiger partial charge in [-0.25, -0.2) is 0 Å². The zero-order chi connectivity index (χ0) is 8.55. The lowest BCUT2D eigenvalue weighted by Gasteiger charge is -1.92. The monoisotopic (exact) mass is 155 g/mol. The van der Waals surface area contributed by atoms with Crippen molar-refractivity contribution in [1.82, 2.24) is 4.48 Å². The zero-order valence-electron chi connectivity index (χ0n) is 7.12. The molecule has 12 heavy (non-hydrogen) atoms. The Kier molecular flexibility index (Phi) is 1.54. The molecule has 1 aromatic carbocycles. The Morgan fingerprint density at radius 1 is 1.33 bits per heavy atom. The third-order valence-electron chi connectivity index (χ3n) is 2.15. The first-order chi connectivity index (χ1) is 5.83. The first kappa shape index (κ1) is 7.23. The molecule has 0 N–H and O–H groups in total. The molecule has 2 rings (SSSR count). The number of rotatable bonds is 1. The van der Waals surface area contributed by atoms with Gasteiger partial charge in [-0.2, -0.15) is 0 Å². The van der Waals surface area contributed by atoms with E-state index in [0.717, 1.165) is 0 Å². The van der Waals surface area contributed by atoms with Gasteiger partial charge in [-0.15, -0.1) is 0 Å². The Labute approximate surface area is 72.7 Å². The molecule has 1 heterocycles. The Hall–Kier alpha value is -1.44. The molecule has 0 radical (unpaired) electrons. The molecule has 0 aliphatic rings. The second kappa shape index (κ2) is 2.56. The molecule has 0 atom stereocenters. The van der Waals surface area contributed by atoms with Gasteiger partial charge in [0.15, 0.2) is 0 Å².